The van der Waals surface area contributed by atoms with E-state index < -0.39 is 0 Å². The summed E-state index contributed by atoms with van der Waals surface area (Å²) in [5.74, 6) is 2.63. The van der Waals surface area contributed by atoms with Crippen LogP contribution in [0.4, 0.5) is 5.82 Å². The van der Waals surface area contributed by atoms with Gasteiger partial charge in [-0.25, -0.2) is 9.97 Å². The first-order valence-electron chi connectivity index (χ1n) is 11.0. The van der Waals surface area contributed by atoms with Gasteiger partial charge in [-0.3, -0.25) is 9.69 Å². The first-order valence-corrected chi connectivity index (χ1v) is 11.0. The van der Waals surface area contributed by atoms with Crippen LogP contribution < -0.4 is 10.2 Å². The molecule has 0 saturated carbocycles. The van der Waals surface area contributed by atoms with Crippen molar-refractivity contribution in [3.8, 4) is 0 Å². The Morgan fingerprint density at radius 2 is 1.70 bits per heavy atom. The third kappa shape index (κ3) is 5.79. The average molecular weight is 410 g/mol. The summed E-state index contributed by atoms with van der Waals surface area (Å²) < 4.78 is 0. The van der Waals surface area contributed by atoms with Crippen LogP contribution >= 0.6 is 0 Å². The first-order chi connectivity index (χ1) is 14.3. The Bertz CT molecular complexity index is 829. The number of nitrogens with one attached hydrogen (secondary N) is 1. The summed E-state index contributed by atoms with van der Waals surface area (Å²) >= 11 is 0. The molecule has 1 aromatic heterocycles. The second kappa shape index (κ2) is 10.0. The van der Waals surface area contributed by atoms with Crippen molar-refractivity contribution in [3.63, 3.8) is 0 Å². The average Bonchev–Trinajstić information content (AvgIpc) is 2.72. The third-order valence-electron chi connectivity index (χ3n) is 5.58. The maximum absolute atomic E-state index is 12.7. The van der Waals surface area contributed by atoms with Gasteiger partial charge in [-0.15, -0.1) is 0 Å². The van der Waals surface area contributed by atoms with Crippen molar-refractivity contribution in [2.75, 3.05) is 37.6 Å². The molecule has 0 radical (unpaired) electrons. The third-order valence-corrected chi connectivity index (χ3v) is 5.58. The van der Waals surface area contributed by atoms with Crippen LogP contribution in [0.25, 0.3) is 0 Å². The normalized spacial score (nSPS) is 16.2. The van der Waals surface area contributed by atoms with Crippen LogP contribution in [0.1, 0.15) is 56.7 Å². The van der Waals surface area contributed by atoms with Gasteiger partial charge in [-0.05, 0) is 18.4 Å². The lowest BCUT2D eigenvalue weighted by molar-refractivity contribution is -0.123. The lowest BCUT2D eigenvalue weighted by Crippen LogP contribution is -2.50. The van der Waals surface area contributed by atoms with Crippen LogP contribution in [0.3, 0.4) is 0 Å². The molecule has 1 aliphatic heterocycles. The number of aromatic nitrogens is 2. The molecular weight excluding hydrogens is 374 g/mol. The minimum atomic E-state index is 0.0402. The lowest BCUT2D eigenvalue weighted by atomic mass is 9.96. The number of hydrogen-bond acceptors (Lipinski definition) is 5. The Morgan fingerprint density at radius 3 is 2.30 bits per heavy atom. The SMILES string of the molecule is Cc1cc(N2CCN(CC(=O)NC(c3ccccc3)C(C)C)CC2)nc(C(C)C)n1. The van der Waals surface area contributed by atoms with E-state index in [2.05, 4.69) is 66.0 Å². The molecule has 1 atom stereocenters. The molecule has 2 aromatic rings. The molecule has 0 aliphatic carbocycles. The Morgan fingerprint density at radius 1 is 1.03 bits per heavy atom. The number of aryl methyl sites for hydroxylation is 1. The number of carbonyl (C=O) groups excluding carboxylic acids is 1. The van der Waals surface area contributed by atoms with E-state index in [-0.39, 0.29) is 11.9 Å². The van der Waals surface area contributed by atoms with Crippen LogP contribution in [0.2, 0.25) is 0 Å². The highest BCUT2D eigenvalue weighted by molar-refractivity contribution is 5.78. The Hall–Kier alpha value is -2.47. The molecule has 0 bridgehead atoms. The fraction of sp³-hybridized carbons (Fsp3) is 0.542. The second-order valence-electron chi connectivity index (χ2n) is 8.84. The van der Waals surface area contributed by atoms with Gasteiger partial charge in [-0.2, -0.15) is 0 Å². The molecule has 6 nitrogen and oxygen atoms in total. The van der Waals surface area contributed by atoms with Gasteiger partial charge < -0.3 is 10.2 Å². The van der Waals surface area contributed by atoms with Gasteiger partial charge >= 0.3 is 0 Å². The van der Waals surface area contributed by atoms with Gasteiger partial charge in [0, 0.05) is 43.9 Å². The molecule has 1 saturated heterocycles. The van der Waals surface area contributed by atoms with Crippen LogP contribution in [0.15, 0.2) is 36.4 Å². The predicted molar refractivity (Wildman–Crippen MR) is 122 cm³/mol. The van der Waals surface area contributed by atoms with Crippen molar-refractivity contribution in [2.24, 2.45) is 5.92 Å². The standard InChI is InChI=1S/C24H35N5O/c1-17(2)23(20-9-7-6-8-10-20)27-22(30)16-28-11-13-29(14-12-28)21-15-19(5)25-24(26-21)18(3)4/h6-10,15,17-18,23H,11-14,16H2,1-5H3,(H,27,30). The number of nitrogens with zero attached hydrogens (tertiary/aromatic N) is 4. The first kappa shape index (κ1) is 22.2. The minimum absolute atomic E-state index is 0.0402. The van der Waals surface area contributed by atoms with E-state index in [0.717, 1.165) is 49.1 Å². The molecule has 1 aliphatic rings. The highest BCUT2D eigenvalue weighted by Gasteiger charge is 2.23. The van der Waals surface area contributed by atoms with E-state index in [1.165, 1.54) is 0 Å². The second-order valence-corrected chi connectivity index (χ2v) is 8.84. The van der Waals surface area contributed by atoms with E-state index in [4.69, 9.17) is 4.98 Å². The van der Waals surface area contributed by atoms with Gasteiger partial charge in [-0.1, -0.05) is 58.0 Å². The maximum Gasteiger partial charge on any atom is 0.234 e. The summed E-state index contributed by atoms with van der Waals surface area (Å²) in [5, 5.41) is 3.24. The molecule has 1 amide bonds. The molecule has 1 unspecified atom stereocenters. The van der Waals surface area contributed by atoms with Crippen molar-refractivity contribution in [1.82, 2.24) is 20.2 Å². The van der Waals surface area contributed by atoms with Gasteiger partial charge in [0.05, 0.1) is 12.6 Å². The number of piperazine rings is 1. The van der Waals surface area contributed by atoms with Crippen molar-refractivity contribution in [3.05, 3.63) is 53.5 Å². The van der Waals surface area contributed by atoms with Crippen molar-refractivity contribution in [1.29, 1.82) is 0 Å². The molecule has 3 rings (SSSR count). The van der Waals surface area contributed by atoms with Crippen LogP contribution in [0, 0.1) is 12.8 Å². The summed E-state index contributed by atoms with van der Waals surface area (Å²) in [6, 6.07) is 12.3. The molecule has 162 valence electrons. The number of carbonyl (C=O) groups is 1. The lowest BCUT2D eigenvalue weighted by Gasteiger charge is -2.35. The van der Waals surface area contributed by atoms with E-state index >= 15 is 0 Å². The molecule has 0 spiro atoms. The van der Waals surface area contributed by atoms with Gasteiger partial charge in [0.1, 0.15) is 11.6 Å². The Balaban J connectivity index is 1.55. The van der Waals surface area contributed by atoms with Crippen molar-refractivity contribution in [2.45, 2.75) is 46.6 Å². The number of rotatable bonds is 7. The summed E-state index contributed by atoms with van der Waals surface area (Å²) in [4.78, 5) is 26.6. The molecule has 30 heavy (non-hydrogen) atoms. The largest absolute Gasteiger partial charge is 0.354 e. The molecule has 1 N–H and O–H groups in total. The quantitative estimate of drug-likeness (QED) is 0.758. The van der Waals surface area contributed by atoms with Gasteiger partial charge in [0.15, 0.2) is 0 Å². The minimum Gasteiger partial charge on any atom is -0.354 e. The van der Waals surface area contributed by atoms with Crippen molar-refractivity contribution >= 4 is 11.7 Å². The number of benzene rings is 1. The van der Waals surface area contributed by atoms with Gasteiger partial charge in [0.25, 0.3) is 0 Å². The summed E-state index contributed by atoms with van der Waals surface area (Å²) in [7, 11) is 0. The molecule has 6 heteroatoms. The van der Waals surface area contributed by atoms with E-state index in [1.54, 1.807) is 0 Å². The fourth-order valence-corrected chi connectivity index (χ4v) is 3.85. The van der Waals surface area contributed by atoms with E-state index in [1.807, 2.05) is 25.1 Å². The molecule has 2 heterocycles. The number of anilines is 1. The zero-order valence-corrected chi connectivity index (χ0v) is 18.9. The summed E-state index contributed by atoms with van der Waals surface area (Å²) in [5.41, 5.74) is 2.16. The summed E-state index contributed by atoms with van der Waals surface area (Å²) in [6.45, 7) is 14.4. The highest BCUT2D eigenvalue weighted by atomic mass is 16.2. The van der Waals surface area contributed by atoms with Gasteiger partial charge in [0.2, 0.25) is 5.91 Å². The smallest absolute Gasteiger partial charge is 0.234 e. The van der Waals surface area contributed by atoms with Crippen LogP contribution in [0.5, 0.6) is 0 Å². The van der Waals surface area contributed by atoms with Crippen LogP contribution in [-0.4, -0.2) is 53.5 Å². The number of amides is 1. The Kier molecular flexibility index (Phi) is 7.43. The van der Waals surface area contributed by atoms with Crippen LogP contribution in [-0.2, 0) is 4.79 Å². The zero-order chi connectivity index (χ0) is 21.7. The monoisotopic (exact) mass is 409 g/mol. The highest BCUT2D eigenvalue weighted by Crippen LogP contribution is 2.22. The maximum atomic E-state index is 12.7. The van der Waals surface area contributed by atoms with E-state index in [0.29, 0.717) is 18.4 Å². The summed E-state index contributed by atoms with van der Waals surface area (Å²) in [6.07, 6.45) is 0. The van der Waals surface area contributed by atoms with E-state index in [9.17, 15) is 4.79 Å². The zero-order valence-electron chi connectivity index (χ0n) is 18.9. The topological polar surface area (TPSA) is 61.4 Å². The Labute approximate surface area is 180 Å². The fourth-order valence-electron chi connectivity index (χ4n) is 3.85. The molecular formula is C24H35N5O. The molecule has 1 aromatic carbocycles. The molecule has 1 fully saturated rings. The number of hydrogen-bond donors (Lipinski definition) is 1. The predicted octanol–water partition coefficient (Wildman–Crippen LogP) is 3.54. The van der Waals surface area contributed by atoms with Crippen molar-refractivity contribution < 1.29 is 4.79 Å².